The number of likely N-dealkylation sites (N-methyl/N-ethyl adjacent to an activating group) is 1. The van der Waals surface area contributed by atoms with Gasteiger partial charge in [-0.2, -0.15) is 0 Å². The molecule has 0 atom stereocenters. The lowest BCUT2D eigenvalue weighted by atomic mass is 10.5. The first-order valence-electron chi connectivity index (χ1n) is 3.64. The van der Waals surface area contributed by atoms with Crippen molar-refractivity contribution in [2.75, 3.05) is 18.5 Å². The van der Waals surface area contributed by atoms with E-state index in [1.165, 1.54) is 17.3 Å². The zero-order chi connectivity index (χ0) is 9.84. The summed E-state index contributed by atoms with van der Waals surface area (Å²) < 4.78 is 0. The van der Waals surface area contributed by atoms with Gasteiger partial charge in [0.25, 0.3) is 5.56 Å². The Hall–Kier alpha value is -1.85. The van der Waals surface area contributed by atoms with Crippen LogP contribution in [0.15, 0.2) is 17.2 Å². The van der Waals surface area contributed by atoms with Crippen LogP contribution in [0.5, 0.6) is 0 Å². The summed E-state index contributed by atoms with van der Waals surface area (Å²) in [6.07, 6.45) is 2.86. The average molecular weight is 182 g/mol. The summed E-state index contributed by atoms with van der Waals surface area (Å²) in [5.74, 6) is -0.325. The molecule has 0 aliphatic carbocycles. The molecule has 0 aliphatic heterocycles. The number of hydrogen-bond acceptors (Lipinski definition) is 4. The first-order valence-corrected chi connectivity index (χ1v) is 3.64. The van der Waals surface area contributed by atoms with Crippen molar-refractivity contribution in [1.82, 2.24) is 9.97 Å². The maximum absolute atomic E-state index is 11.1. The van der Waals surface area contributed by atoms with Crippen LogP contribution in [0.2, 0.25) is 0 Å². The van der Waals surface area contributed by atoms with Crippen LogP contribution in [-0.2, 0) is 4.79 Å². The lowest BCUT2D eigenvalue weighted by molar-refractivity contribution is -0.116. The van der Waals surface area contributed by atoms with Gasteiger partial charge in [-0.05, 0) is 0 Å². The molecule has 1 aromatic heterocycles. The molecule has 6 heteroatoms. The number of H-pyrrole nitrogens is 1. The second kappa shape index (κ2) is 3.70. The Morgan fingerprint density at radius 2 is 2.46 bits per heavy atom. The zero-order valence-electron chi connectivity index (χ0n) is 7.15. The van der Waals surface area contributed by atoms with Crippen LogP contribution in [0.25, 0.3) is 0 Å². The molecule has 70 valence electrons. The maximum Gasteiger partial charge on any atom is 0.290 e. The van der Waals surface area contributed by atoms with Crippen molar-refractivity contribution in [1.29, 1.82) is 0 Å². The van der Waals surface area contributed by atoms with Crippen molar-refractivity contribution in [3.63, 3.8) is 0 Å². The van der Waals surface area contributed by atoms with E-state index < -0.39 is 5.91 Å². The predicted octanol–water partition coefficient (Wildman–Crippen LogP) is -1.31. The Balaban J connectivity index is 2.89. The number of carbonyl (C=O) groups excluding carboxylic acids is 1. The molecule has 0 aromatic carbocycles. The highest BCUT2D eigenvalue weighted by Gasteiger charge is 2.08. The SMILES string of the molecule is CN(CC(N)=O)c1ncc[nH]c1=O. The molecule has 1 amide bonds. The fraction of sp³-hybridized carbons (Fsp3) is 0.286. The summed E-state index contributed by atoms with van der Waals surface area (Å²) in [6.45, 7) is -0.0277. The average Bonchev–Trinajstić information content (AvgIpc) is 2.03. The summed E-state index contributed by atoms with van der Waals surface area (Å²) in [4.78, 5) is 29.3. The molecule has 1 heterocycles. The molecule has 3 N–H and O–H groups in total. The second-order valence-electron chi connectivity index (χ2n) is 2.56. The minimum atomic E-state index is -0.507. The molecule has 0 saturated carbocycles. The lowest BCUT2D eigenvalue weighted by Crippen LogP contribution is -2.34. The Morgan fingerprint density at radius 3 is 3.00 bits per heavy atom. The van der Waals surface area contributed by atoms with E-state index in [1.807, 2.05) is 0 Å². The Bertz CT molecular complexity index is 360. The number of nitrogens with two attached hydrogens (primary N) is 1. The van der Waals surface area contributed by atoms with E-state index in [9.17, 15) is 9.59 Å². The third-order valence-electron chi connectivity index (χ3n) is 1.44. The minimum Gasteiger partial charge on any atom is -0.368 e. The highest BCUT2D eigenvalue weighted by atomic mass is 16.1. The van der Waals surface area contributed by atoms with E-state index in [1.54, 1.807) is 7.05 Å². The highest BCUT2D eigenvalue weighted by molar-refractivity contribution is 5.78. The Kier molecular flexibility index (Phi) is 2.63. The molecule has 0 saturated heterocycles. The van der Waals surface area contributed by atoms with Gasteiger partial charge in [-0.15, -0.1) is 0 Å². The van der Waals surface area contributed by atoms with E-state index >= 15 is 0 Å². The summed E-state index contributed by atoms with van der Waals surface area (Å²) in [7, 11) is 1.57. The molecule has 1 rings (SSSR count). The molecule has 1 aromatic rings. The van der Waals surface area contributed by atoms with Gasteiger partial charge in [0.15, 0.2) is 5.82 Å². The zero-order valence-corrected chi connectivity index (χ0v) is 7.15. The number of carbonyl (C=O) groups is 1. The van der Waals surface area contributed by atoms with E-state index in [-0.39, 0.29) is 17.9 Å². The molecule has 0 fully saturated rings. The summed E-state index contributed by atoms with van der Waals surface area (Å²) in [6, 6.07) is 0. The number of aromatic nitrogens is 2. The quantitative estimate of drug-likeness (QED) is 0.607. The van der Waals surface area contributed by atoms with Crippen LogP contribution in [0, 0.1) is 0 Å². The van der Waals surface area contributed by atoms with Gasteiger partial charge >= 0.3 is 0 Å². The molecule has 0 radical (unpaired) electrons. The van der Waals surface area contributed by atoms with Crippen LogP contribution in [-0.4, -0.2) is 29.5 Å². The highest BCUT2D eigenvalue weighted by Crippen LogP contribution is 1.96. The number of primary amides is 1. The van der Waals surface area contributed by atoms with Gasteiger partial charge in [0.2, 0.25) is 5.91 Å². The topological polar surface area (TPSA) is 92.1 Å². The lowest BCUT2D eigenvalue weighted by Gasteiger charge is -2.13. The number of nitrogens with one attached hydrogen (secondary N) is 1. The van der Waals surface area contributed by atoms with Gasteiger partial charge < -0.3 is 15.6 Å². The summed E-state index contributed by atoms with van der Waals surface area (Å²) >= 11 is 0. The van der Waals surface area contributed by atoms with E-state index in [0.717, 1.165) is 0 Å². The molecule has 0 aliphatic rings. The van der Waals surface area contributed by atoms with Gasteiger partial charge in [0.05, 0.1) is 6.54 Å². The van der Waals surface area contributed by atoms with E-state index in [2.05, 4.69) is 9.97 Å². The van der Waals surface area contributed by atoms with Crippen molar-refractivity contribution in [2.45, 2.75) is 0 Å². The van der Waals surface area contributed by atoms with Crippen LogP contribution in [0.3, 0.4) is 0 Å². The van der Waals surface area contributed by atoms with Crippen LogP contribution in [0.1, 0.15) is 0 Å². The first-order chi connectivity index (χ1) is 6.11. The van der Waals surface area contributed by atoms with Gasteiger partial charge in [0.1, 0.15) is 0 Å². The Labute approximate surface area is 74.4 Å². The van der Waals surface area contributed by atoms with Crippen LogP contribution in [0.4, 0.5) is 5.82 Å². The van der Waals surface area contributed by atoms with E-state index in [4.69, 9.17) is 5.73 Å². The molecular weight excluding hydrogens is 172 g/mol. The Morgan fingerprint density at radius 1 is 1.77 bits per heavy atom. The van der Waals surface area contributed by atoms with Crippen molar-refractivity contribution < 1.29 is 4.79 Å². The third kappa shape index (κ3) is 2.29. The molecule has 13 heavy (non-hydrogen) atoms. The van der Waals surface area contributed by atoms with Crippen molar-refractivity contribution in [3.8, 4) is 0 Å². The number of anilines is 1. The van der Waals surface area contributed by atoms with Crippen molar-refractivity contribution >= 4 is 11.7 Å². The fourth-order valence-corrected chi connectivity index (χ4v) is 0.925. The van der Waals surface area contributed by atoms with Crippen molar-refractivity contribution in [3.05, 3.63) is 22.7 Å². The minimum absolute atomic E-state index is 0.0277. The smallest absolute Gasteiger partial charge is 0.290 e. The fourth-order valence-electron chi connectivity index (χ4n) is 0.925. The first kappa shape index (κ1) is 9.24. The van der Waals surface area contributed by atoms with E-state index in [0.29, 0.717) is 0 Å². The molecule has 0 bridgehead atoms. The van der Waals surface area contributed by atoms with Crippen molar-refractivity contribution in [2.24, 2.45) is 5.73 Å². The standard InChI is InChI=1S/C7H10N4O2/c1-11(4-5(8)12)6-7(13)10-3-2-9-6/h2-3H,4H2,1H3,(H2,8,12)(H,10,13). The van der Waals surface area contributed by atoms with Gasteiger partial charge in [-0.3, -0.25) is 9.59 Å². The number of hydrogen-bond donors (Lipinski definition) is 2. The number of rotatable bonds is 3. The molecule has 6 nitrogen and oxygen atoms in total. The van der Waals surface area contributed by atoms with Gasteiger partial charge in [0, 0.05) is 19.4 Å². The molecule has 0 unspecified atom stereocenters. The normalized spacial score (nSPS) is 9.62. The summed E-state index contributed by atoms with van der Waals surface area (Å²) in [5.41, 5.74) is 4.62. The largest absolute Gasteiger partial charge is 0.368 e. The monoisotopic (exact) mass is 182 g/mol. The number of nitrogens with zero attached hydrogens (tertiary/aromatic N) is 2. The van der Waals surface area contributed by atoms with Crippen LogP contribution < -0.4 is 16.2 Å². The predicted molar refractivity (Wildman–Crippen MR) is 47.3 cm³/mol. The van der Waals surface area contributed by atoms with Crippen LogP contribution >= 0.6 is 0 Å². The van der Waals surface area contributed by atoms with Gasteiger partial charge in [-0.25, -0.2) is 4.98 Å². The number of aromatic amines is 1. The van der Waals surface area contributed by atoms with Gasteiger partial charge in [-0.1, -0.05) is 0 Å². The number of amides is 1. The molecule has 0 spiro atoms. The third-order valence-corrected chi connectivity index (χ3v) is 1.44. The second-order valence-corrected chi connectivity index (χ2v) is 2.56. The summed E-state index contributed by atoms with van der Waals surface area (Å²) in [5, 5.41) is 0. The molecular formula is C7H10N4O2. The maximum atomic E-state index is 11.1.